The lowest BCUT2D eigenvalue weighted by Gasteiger charge is -2.32. The highest BCUT2D eigenvalue weighted by Gasteiger charge is 2.25. The van der Waals surface area contributed by atoms with Gasteiger partial charge in [-0.3, -0.25) is 4.79 Å². The molecule has 1 aliphatic heterocycles. The minimum atomic E-state index is 0.101. The number of carbonyl (C=O) groups excluding carboxylic acids is 1. The summed E-state index contributed by atoms with van der Waals surface area (Å²) in [4.78, 5) is 22.6. The lowest BCUT2D eigenvalue weighted by Crippen LogP contribution is -2.47. The van der Waals surface area contributed by atoms with Crippen molar-refractivity contribution in [2.75, 3.05) is 39.8 Å². The normalized spacial score (nSPS) is 14.1. The Bertz CT molecular complexity index is 1590. The van der Waals surface area contributed by atoms with E-state index in [1.165, 1.54) is 10.9 Å². The molecule has 1 aliphatic rings. The number of fused-ring (bicyclic) bond motifs is 1. The highest BCUT2D eigenvalue weighted by molar-refractivity contribution is 6.06. The van der Waals surface area contributed by atoms with Crippen LogP contribution < -0.4 is 0 Å². The lowest BCUT2D eigenvalue weighted by molar-refractivity contribution is 0.0665. The average molecular weight is 548 g/mol. The summed E-state index contributed by atoms with van der Waals surface area (Å²) in [6.07, 6.45) is 8.86. The number of amides is 1. The van der Waals surface area contributed by atoms with E-state index < -0.39 is 0 Å². The summed E-state index contributed by atoms with van der Waals surface area (Å²) in [7, 11) is 2.11. The third-order valence-electron chi connectivity index (χ3n) is 7.92. The van der Waals surface area contributed by atoms with Crippen molar-refractivity contribution < 1.29 is 9.53 Å². The van der Waals surface area contributed by atoms with Gasteiger partial charge in [0.25, 0.3) is 5.91 Å². The second-order valence-electron chi connectivity index (χ2n) is 10.9. The monoisotopic (exact) mass is 547 g/mol. The van der Waals surface area contributed by atoms with Crippen LogP contribution in [0.4, 0.5) is 0 Å². The summed E-state index contributed by atoms with van der Waals surface area (Å²) < 4.78 is 10.2. The fourth-order valence-electron chi connectivity index (χ4n) is 5.59. The second kappa shape index (κ2) is 12.5. The number of piperazine rings is 1. The summed E-state index contributed by atoms with van der Waals surface area (Å²) in [5.74, 6) is 0.101. The molecule has 0 spiro atoms. The Morgan fingerprint density at radius 2 is 1.66 bits per heavy atom. The number of likely N-dealkylation sites (N-methyl/N-ethyl adjacent to an activating group) is 1. The first-order valence-electron chi connectivity index (χ1n) is 14.4. The van der Waals surface area contributed by atoms with Crippen molar-refractivity contribution >= 4 is 16.7 Å². The molecular formula is C34H37N5O2. The van der Waals surface area contributed by atoms with Gasteiger partial charge in [0.05, 0.1) is 30.7 Å². The Morgan fingerprint density at radius 3 is 2.51 bits per heavy atom. The van der Waals surface area contributed by atoms with Gasteiger partial charge in [0.1, 0.15) is 0 Å². The zero-order valence-corrected chi connectivity index (χ0v) is 23.7. The molecule has 1 amide bonds. The van der Waals surface area contributed by atoms with Gasteiger partial charge < -0.3 is 23.7 Å². The van der Waals surface area contributed by atoms with E-state index in [4.69, 9.17) is 4.74 Å². The molecule has 0 unspecified atom stereocenters. The van der Waals surface area contributed by atoms with Gasteiger partial charge in [0.15, 0.2) is 0 Å². The van der Waals surface area contributed by atoms with Gasteiger partial charge in [0, 0.05) is 63.5 Å². The number of aryl methyl sites for hydroxylation is 1. The molecule has 0 aliphatic carbocycles. The summed E-state index contributed by atoms with van der Waals surface area (Å²) in [5, 5.41) is 2.32. The molecule has 0 atom stereocenters. The minimum absolute atomic E-state index is 0.101. The van der Waals surface area contributed by atoms with Crippen LogP contribution in [0.25, 0.3) is 21.9 Å². The number of ether oxygens (including phenoxy) is 1. The molecule has 7 heteroatoms. The Morgan fingerprint density at radius 1 is 0.878 bits per heavy atom. The number of carbonyl (C=O) groups is 1. The summed E-state index contributed by atoms with van der Waals surface area (Å²) >= 11 is 0. The third-order valence-corrected chi connectivity index (χ3v) is 7.92. The first-order valence-corrected chi connectivity index (χ1v) is 14.4. The topological polar surface area (TPSA) is 55.5 Å². The van der Waals surface area contributed by atoms with Gasteiger partial charge in [-0.15, -0.1) is 0 Å². The molecule has 0 radical (unpaired) electrons. The van der Waals surface area contributed by atoms with Gasteiger partial charge in [-0.05, 0) is 35.4 Å². The molecule has 0 saturated carbocycles. The van der Waals surface area contributed by atoms with Crippen LogP contribution in [0.2, 0.25) is 0 Å². The van der Waals surface area contributed by atoms with Crippen LogP contribution in [0, 0.1) is 0 Å². The quantitative estimate of drug-likeness (QED) is 0.215. The van der Waals surface area contributed by atoms with Crippen LogP contribution in [-0.2, 0) is 24.4 Å². The van der Waals surface area contributed by atoms with Crippen molar-refractivity contribution in [2.24, 2.45) is 0 Å². The number of nitrogens with zero attached hydrogens (tertiary/aromatic N) is 5. The van der Waals surface area contributed by atoms with Gasteiger partial charge in [-0.1, -0.05) is 72.8 Å². The number of hydrogen-bond donors (Lipinski definition) is 0. The Labute approximate surface area is 241 Å². The fraction of sp³-hybridized carbons (Fsp3) is 0.294. The molecule has 2 aromatic heterocycles. The van der Waals surface area contributed by atoms with Crippen LogP contribution in [-0.4, -0.2) is 69.7 Å². The number of imidazole rings is 1. The van der Waals surface area contributed by atoms with Crippen molar-refractivity contribution in [2.45, 2.75) is 26.1 Å². The number of rotatable bonds is 10. The maximum atomic E-state index is 13.9. The highest BCUT2D eigenvalue weighted by Crippen LogP contribution is 2.33. The fourth-order valence-corrected chi connectivity index (χ4v) is 5.59. The molecule has 210 valence electrons. The van der Waals surface area contributed by atoms with Crippen LogP contribution in [0.3, 0.4) is 0 Å². The number of hydrogen-bond acceptors (Lipinski definition) is 4. The molecule has 6 rings (SSSR count). The van der Waals surface area contributed by atoms with E-state index in [0.717, 1.165) is 66.9 Å². The van der Waals surface area contributed by atoms with E-state index in [2.05, 4.69) is 86.9 Å². The predicted molar refractivity (Wildman–Crippen MR) is 163 cm³/mol. The molecule has 1 saturated heterocycles. The standard InChI is InChI=1S/C34H37N5O2/c1-36-16-18-38(19-17-36)34(40)33-24-37(23-32(33)31-14-7-12-28-11-5-6-13-30(28)31)22-29-21-35-26-39(29)15-8-20-41-25-27-9-3-2-4-10-27/h2-7,9-14,21,23-24,26H,8,15-20,22,25H2,1H3. The lowest BCUT2D eigenvalue weighted by atomic mass is 9.97. The van der Waals surface area contributed by atoms with Crippen molar-refractivity contribution in [1.82, 2.24) is 23.9 Å². The molecule has 1 fully saturated rings. The zero-order valence-electron chi connectivity index (χ0n) is 23.7. The van der Waals surface area contributed by atoms with Crippen LogP contribution in [0.1, 0.15) is 28.0 Å². The molecule has 41 heavy (non-hydrogen) atoms. The van der Waals surface area contributed by atoms with Crippen LogP contribution in [0.5, 0.6) is 0 Å². The molecule has 0 bridgehead atoms. The van der Waals surface area contributed by atoms with Gasteiger partial charge in [0.2, 0.25) is 0 Å². The van der Waals surface area contributed by atoms with E-state index >= 15 is 0 Å². The first kappa shape index (κ1) is 27.0. The van der Waals surface area contributed by atoms with E-state index in [-0.39, 0.29) is 5.91 Å². The highest BCUT2D eigenvalue weighted by atomic mass is 16.5. The maximum absolute atomic E-state index is 13.9. The molecule has 7 nitrogen and oxygen atoms in total. The Kier molecular flexibility index (Phi) is 8.26. The van der Waals surface area contributed by atoms with E-state index in [0.29, 0.717) is 19.8 Å². The maximum Gasteiger partial charge on any atom is 0.256 e. The largest absolute Gasteiger partial charge is 0.377 e. The molecular weight excluding hydrogens is 510 g/mol. The van der Waals surface area contributed by atoms with Gasteiger partial charge in [-0.2, -0.15) is 0 Å². The smallest absolute Gasteiger partial charge is 0.256 e. The van der Waals surface area contributed by atoms with Gasteiger partial charge in [-0.25, -0.2) is 4.98 Å². The van der Waals surface area contributed by atoms with E-state index in [1.807, 2.05) is 41.8 Å². The number of benzene rings is 3. The second-order valence-corrected chi connectivity index (χ2v) is 10.9. The third kappa shape index (κ3) is 6.26. The molecule has 0 N–H and O–H groups in total. The van der Waals surface area contributed by atoms with Crippen molar-refractivity contribution in [1.29, 1.82) is 0 Å². The summed E-state index contributed by atoms with van der Waals surface area (Å²) in [6.45, 7) is 6.05. The van der Waals surface area contributed by atoms with Crippen molar-refractivity contribution in [3.05, 3.63) is 115 Å². The Balaban J connectivity index is 1.21. The predicted octanol–water partition coefficient (Wildman–Crippen LogP) is 5.55. The van der Waals surface area contributed by atoms with Crippen LogP contribution >= 0.6 is 0 Å². The zero-order chi connectivity index (χ0) is 28.0. The van der Waals surface area contributed by atoms with E-state index in [1.54, 1.807) is 0 Å². The molecule has 3 heterocycles. The van der Waals surface area contributed by atoms with Gasteiger partial charge >= 0.3 is 0 Å². The minimum Gasteiger partial charge on any atom is -0.377 e. The average Bonchev–Trinajstić information content (AvgIpc) is 3.64. The summed E-state index contributed by atoms with van der Waals surface area (Å²) in [6, 6.07) is 25.0. The van der Waals surface area contributed by atoms with Crippen molar-refractivity contribution in [3.8, 4) is 11.1 Å². The van der Waals surface area contributed by atoms with Crippen molar-refractivity contribution in [3.63, 3.8) is 0 Å². The Hall–Kier alpha value is -4.20. The summed E-state index contributed by atoms with van der Waals surface area (Å²) in [5.41, 5.74) is 5.11. The first-order chi connectivity index (χ1) is 20.2. The van der Waals surface area contributed by atoms with E-state index in [9.17, 15) is 4.79 Å². The van der Waals surface area contributed by atoms with Crippen LogP contribution in [0.15, 0.2) is 97.7 Å². The number of aromatic nitrogens is 3. The molecule has 3 aromatic carbocycles. The SMILES string of the molecule is CN1CCN(C(=O)c2cn(Cc3cncn3CCCOCc3ccccc3)cc2-c2cccc3ccccc23)CC1. The molecule has 5 aromatic rings.